The average molecular weight is 880 g/mol. The summed E-state index contributed by atoms with van der Waals surface area (Å²) in [5, 5.41) is 23.6. The van der Waals surface area contributed by atoms with Crippen LogP contribution in [0, 0.1) is 28.6 Å². The summed E-state index contributed by atoms with van der Waals surface area (Å²) in [4.78, 5) is 43.0. The first-order valence-electron chi connectivity index (χ1n) is 23.4. The minimum Gasteiger partial charge on any atom is -0.504 e. The number of carbonyl (C=O) groups excluding carboxylic acids is 3. The molecule has 7 aliphatic rings. The number of esters is 3. The third-order valence-corrected chi connectivity index (χ3v) is 15.6. The Kier molecular flexibility index (Phi) is 13.8. The lowest BCUT2D eigenvalue weighted by molar-refractivity contribution is -0.419. The minimum atomic E-state index is -3.52. The molecule has 4 unspecified atom stereocenters. The van der Waals surface area contributed by atoms with Gasteiger partial charge in [0.05, 0.1) is 36.6 Å². The highest BCUT2D eigenvalue weighted by Gasteiger charge is 2.73. The normalized spacial score (nSPS) is 46.3. The lowest BCUT2D eigenvalue weighted by Gasteiger charge is -2.52. The van der Waals surface area contributed by atoms with Crippen LogP contribution in [0.1, 0.15) is 140 Å². The van der Waals surface area contributed by atoms with Crippen molar-refractivity contribution in [3.63, 3.8) is 0 Å². The van der Waals surface area contributed by atoms with Gasteiger partial charge in [-0.25, -0.2) is 14.4 Å². The monoisotopic (exact) mass is 880 g/mol. The molecule has 62 heavy (non-hydrogen) atoms. The number of rotatable bonds is 4. The molecule has 0 amide bonds. The van der Waals surface area contributed by atoms with Gasteiger partial charge in [-0.1, -0.05) is 67.5 Å². The van der Waals surface area contributed by atoms with Crippen molar-refractivity contribution in [1.82, 2.24) is 0 Å². The van der Waals surface area contributed by atoms with E-state index in [0.29, 0.717) is 64.2 Å². The van der Waals surface area contributed by atoms with E-state index in [2.05, 4.69) is 5.73 Å². The molecule has 0 aromatic heterocycles. The van der Waals surface area contributed by atoms with Gasteiger partial charge >= 0.3 is 24.9 Å². The van der Waals surface area contributed by atoms with Crippen molar-refractivity contribution in [2.24, 2.45) is 28.6 Å². The fraction of sp³-hybridized carbons (Fsp3) is 0.889. The van der Waals surface area contributed by atoms with Crippen molar-refractivity contribution in [3.8, 4) is 0 Å². The van der Waals surface area contributed by atoms with E-state index in [9.17, 15) is 19.8 Å². The highest BCUT2D eigenvalue weighted by molar-refractivity contribution is 6.56. The summed E-state index contributed by atoms with van der Waals surface area (Å²) in [5.41, 5.74) is 2.31. The minimum absolute atomic E-state index is 0.0893. The van der Waals surface area contributed by atoms with Crippen molar-refractivity contribution in [2.45, 2.75) is 225 Å². The number of allylic oxidation sites excluding steroid dienone is 1. The maximum atomic E-state index is 15.0. The molecule has 352 valence electrons. The van der Waals surface area contributed by atoms with Crippen molar-refractivity contribution < 1.29 is 77.4 Å². The van der Waals surface area contributed by atoms with Gasteiger partial charge in [0.1, 0.15) is 18.3 Å². The Morgan fingerprint density at radius 2 is 1.34 bits per heavy atom. The molecule has 0 aromatic rings. The lowest BCUT2D eigenvalue weighted by Crippen LogP contribution is -2.68. The first-order valence-corrected chi connectivity index (χ1v) is 23.4. The van der Waals surface area contributed by atoms with Crippen LogP contribution in [0.25, 0.3) is 0 Å². The molecule has 0 radical (unpaired) electrons. The number of fused-ring (bicyclic) bond motifs is 6. The Morgan fingerprint density at radius 1 is 0.790 bits per heavy atom. The Bertz CT molecular complexity index is 1680. The van der Waals surface area contributed by atoms with E-state index in [0.717, 1.165) is 0 Å². The molecule has 16 nitrogen and oxygen atoms in total. The number of cyclic esters (lactones) is 1. The zero-order chi connectivity index (χ0) is 45.2. The third-order valence-electron chi connectivity index (χ3n) is 15.6. The van der Waals surface area contributed by atoms with Gasteiger partial charge < -0.3 is 63.0 Å². The molecule has 0 aliphatic carbocycles. The van der Waals surface area contributed by atoms with Crippen molar-refractivity contribution in [2.75, 3.05) is 0 Å². The Balaban J connectivity index is 1.36. The molecular weight excluding hydrogens is 805 g/mol. The topological polar surface area (TPSA) is 212 Å². The molecular formula is C45H74BNO15. The van der Waals surface area contributed by atoms with Gasteiger partial charge in [-0.05, 0) is 71.6 Å². The van der Waals surface area contributed by atoms with Crippen LogP contribution in [-0.4, -0.2) is 120 Å². The van der Waals surface area contributed by atoms with Gasteiger partial charge in [0.25, 0.3) is 0 Å². The van der Waals surface area contributed by atoms with Crippen molar-refractivity contribution in [1.29, 1.82) is 0 Å². The largest absolute Gasteiger partial charge is 0.536 e. The van der Waals surface area contributed by atoms with Gasteiger partial charge in [-0.2, -0.15) is 0 Å². The predicted octanol–water partition coefficient (Wildman–Crippen LogP) is 4.17. The number of hydrogen-bond acceptors (Lipinski definition) is 15. The van der Waals surface area contributed by atoms with Gasteiger partial charge in [-0.3, -0.25) is 0 Å². The zero-order valence-electron chi connectivity index (χ0n) is 38.6. The highest BCUT2D eigenvalue weighted by atomic mass is 17.0. The van der Waals surface area contributed by atoms with Gasteiger partial charge in [0.2, 0.25) is 0 Å². The van der Waals surface area contributed by atoms with E-state index in [1.807, 2.05) is 74.5 Å². The number of aliphatic hydroxyl groups is 2. The maximum Gasteiger partial charge on any atom is 0.536 e. The summed E-state index contributed by atoms with van der Waals surface area (Å²) in [6, 6.07) is -0.652. The molecule has 7 rings (SSSR count). The fourth-order valence-corrected chi connectivity index (χ4v) is 10.6. The molecule has 6 saturated heterocycles. The van der Waals surface area contributed by atoms with E-state index >= 15 is 4.79 Å². The number of ether oxygens (including phenoxy) is 6. The van der Waals surface area contributed by atoms with Crippen LogP contribution in [0.2, 0.25) is 0 Å². The number of aliphatic hydroxyl groups excluding tert-OH is 2. The van der Waals surface area contributed by atoms with Crippen molar-refractivity contribution >= 4 is 24.9 Å². The van der Waals surface area contributed by atoms with Crippen LogP contribution in [0.4, 0.5) is 0 Å². The first-order chi connectivity index (χ1) is 29.0. The second-order valence-electron chi connectivity index (χ2n) is 21.0. The number of quaternary nitrogens is 1. The van der Waals surface area contributed by atoms with Crippen molar-refractivity contribution in [3.05, 3.63) is 12.2 Å². The highest BCUT2D eigenvalue weighted by Crippen LogP contribution is 2.57. The second-order valence-corrected chi connectivity index (χ2v) is 21.0. The lowest BCUT2D eigenvalue weighted by atomic mass is 9.73. The van der Waals surface area contributed by atoms with E-state index in [-0.39, 0.29) is 18.4 Å². The Morgan fingerprint density at radius 3 is 1.90 bits per heavy atom. The van der Waals surface area contributed by atoms with Gasteiger partial charge in [-0.15, -0.1) is 0 Å². The summed E-state index contributed by atoms with van der Waals surface area (Å²) in [6.45, 7) is 15.3. The zero-order valence-corrected chi connectivity index (χ0v) is 38.6. The third kappa shape index (κ3) is 8.78. The maximum absolute atomic E-state index is 15.0. The molecule has 9 bridgehead atoms. The number of hydrogen-bond donors (Lipinski definition) is 3. The summed E-state index contributed by atoms with van der Waals surface area (Å²) < 4.78 is 66.1. The molecule has 3 spiro atoms. The average Bonchev–Trinajstić information content (AvgIpc) is 3.84. The quantitative estimate of drug-likeness (QED) is 0.157. The van der Waals surface area contributed by atoms with Crippen LogP contribution >= 0.6 is 0 Å². The van der Waals surface area contributed by atoms with E-state index in [1.165, 1.54) is 0 Å². The molecule has 5 N–H and O–H groups in total. The van der Waals surface area contributed by atoms with E-state index in [4.69, 9.17) is 47.0 Å². The van der Waals surface area contributed by atoms with Crippen LogP contribution in [-0.2, 0) is 61.4 Å². The molecule has 0 aromatic carbocycles. The fourth-order valence-electron chi connectivity index (χ4n) is 10.6. The standard InChI is InChI=1S/C45H73BNO15/c1-24(2)36(47)39(50)54-27(5)30-16-12-11-13-17-32(48)42(7,8)34-21-19-26(4)45(57-34)38-41(52)56-31-23-29(53-28(31)6)15-14-18-33(49)43(9,10)35-22-20-25(3)44(58-35)37(40(51)55-30)59-46(60-38,61-44)62-45/h11-12,24-38,48-49H,13-23,47H2,1-10H3/q-1/p+1/b12-11+/t25-,26-,27-,28-,29-,30+,31+,32+,33-,34+,35+,36-,37?,38?,44?,45+,46?/m1/s1. The molecule has 6 fully saturated rings. The molecule has 17 atom stereocenters. The van der Waals surface area contributed by atoms with Crippen LogP contribution in [0.3, 0.4) is 0 Å². The summed E-state index contributed by atoms with van der Waals surface area (Å²) in [5.74, 6) is -7.04. The van der Waals surface area contributed by atoms with Gasteiger partial charge in [0.15, 0.2) is 29.8 Å². The molecule has 7 heterocycles. The summed E-state index contributed by atoms with van der Waals surface area (Å²) in [7, 11) is 0. The summed E-state index contributed by atoms with van der Waals surface area (Å²) in [6.07, 6.45) is -0.138. The van der Waals surface area contributed by atoms with E-state index < -0.39 is 126 Å². The van der Waals surface area contributed by atoms with Gasteiger partial charge in [0, 0.05) is 41.4 Å². The second kappa shape index (κ2) is 17.9. The first kappa shape index (κ1) is 47.8. The summed E-state index contributed by atoms with van der Waals surface area (Å²) >= 11 is 0. The van der Waals surface area contributed by atoms with E-state index in [1.54, 1.807) is 6.92 Å². The smallest absolute Gasteiger partial charge is 0.504 e. The Labute approximate surface area is 366 Å². The molecule has 7 aliphatic heterocycles. The molecule has 0 saturated carbocycles. The van der Waals surface area contributed by atoms with Crippen LogP contribution < -0.4 is 5.73 Å². The predicted molar refractivity (Wildman–Crippen MR) is 222 cm³/mol. The SMILES string of the molecule is CC(C)[C@@H]([NH3+])C(=O)O[C@H](C)[C@@H]1C/C=C/CC[C@H](O)C(C)(C)[C@@H]2CC[C@@H](C)[C@]3(O2)O[B-]24OC(C(=O)O1)C1(O[C@@H](CC[C@H]1C)C(C)(C)[C@H](O)CCC[C@@H]1C[C@H](OC(=O)C3O2)[C@@H](C)O1)O4. The van der Waals surface area contributed by atoms with Crippen LogP contribution in [0.15, 0.2) is 12.2 Å². The molecule has 17 heteroatoms. The Hall–Kier alpha value is -2.19. The van der Waals surface area contributed by atoms with Crippen LogP contribution in [0.5, 0.6) is 0 Å². The number of carbonyl (C=O) groups is 3.